The number of hydrogen-bond donors (Lipinski definition) is 0. The van der Waals surface area contributed by atoms with Crippen LogP contribution in [0.5, 0.6) is 0 Å². The highest BCUT2D eigenvalue weighted by Gasteiger charge is 2.33. The predicted molar refractivity (Wildman–Crippen MR) is 123 cm³/mol. The van der Waals surface area contributed by atoms with E-state index in [4.69, 9.17) is 23.8 Å². The van der Waals surface area contributed by atoms with Crippen LogP contribution in [-0.2, 0) is 18.9 Å². The smallest absolute Gasteiger partial charge is 0.295 e. The first-order valence-corrected chi connectivity index (χ1v) is 10.6. The fourth-order valence-corrected chi connectivity index (χ4v) is 4.80. The van der Waals surface area contributed by atoms with Crippen molar-refractivity contribution in [2.45, 2.75) is 0 Å². The van der Waals surface area contributed by atoms with E-state index in [1.165, 1.54) is 16.7 Å². The van der Waals surface area contributed by atoms with Gasteiger partial charge >= 0.3 is 5.69 Å². The minimum atomic E-state index is -0.199. The molecule has 0 atom stereocenters. The van der Waals surface area contributed by atoms with Gasteiger partial charge in [-0.2, -0.15) is 0 Å². The summed E-state index contributed by atoms with van der Waals surface area (Å²) in [5, 5.41) is 0.506. The van der Waals surface area contributed by atoms with Crippen molar-refractivity contribution in [2.24, 2.45) is 14.1 Å². The Labute approximate surface area is 183 Å². The maximum Gasteiger partial charge on any atom is 0.328 e. The van der Waals surface area contributed by atoms with E-state index in [1.807, 2.05) is 18.2 Å². The third kappa shape index (κ3) is 3.14. The number of thioether (sulfide) groups is 1. The number of amides is 1. The maximum atomic E-state index is 12.9. The van der Waals surface area contributed by atoms with E-state index in [-0.39, 0.29) is 11.6 Å². The number of halogens is 2. The Hall–Kier alpha value is -1.87. The molecular weight excluding hydrogens is 482 g/mol. The lowest BCUT2D eigenvalue weighted by Crippen LogP contribution is -2.27. The molecule has 0 aliphatic carbocycles. The molecule has 28 heavy (non-hydrogen) atoms. The van der Waals surface area contributed by atoms with E-state index in [9.17, 15) is 9.59 Å². The van der Waals surface area contributed by atoms with E-state index >= 15 is 0 Å². The van der Waals surface area contributed by atoms with Crippen molar-refractivity contribution in [3.05, 3.63) is 66.8 Å². The van der Waals surface area contributed by atoms with Gasteiger partial charge in [0.25, 0.3) is 5.91 Å². The van der Waals surface area contributed by atoms with Gasteiger partial charge in [-0.05, 0) is 57.9 Å². The molecule has 1 aliphatic rings. The van der Waals surface area contributed by atoms with Crippen LogP contribution in [0.25, 0.3) is 17.1 Å². The minimum Gasteiger partial charge on any atom is -0.295 e. The molecule has 1 aliphatic heterocycles. The van der Waals surface area contributed by atoms with Crippen LogP contribution in [0, 0.1) is 0 Å². The van der Waals surface area contributed by atoms with Crippen molar-refractivity contribution in [3.63, 3.8) is 0 Å². The number of carbonyl (C=O) groups excluding carboxylic acids is 1. The number of thiocarbonyl (C=S) groups is 1. The van der Waals surface area contributed by atoms with Crippen molar-refractivity contribution in [3.8, 4) is 0 Å². The molecule has 1 aromatic heterocycles. The fourth-order valence-electron chi connectivity index (χ4n) is 3.08. The van der Waals surface area contributed by atoms with Gasteiger partial charge in [-0.3, -0.25) is 18.8 Å². The molecule has 9 heteroatoms. The Morgan fingerprint density at radius 2 is 1.79 bits per heavy atom. The number of fused-ring (bicyclic) bond motifs is 1. The monoisotopic (exact) mass is 493 g/mol. The fraction of sp³-hybridized carbons (Fsp3) is 0.105. The van der Waals surface area contributed by atoms with Crippen LogP contribution >= 0.6 is 51.5 Å². The lowest BCUT2D eigenvalue weighted by molar-refractivity contribution is -0.113. The van der Waals surface area contributed by atoms with Crippen LogP contribution in [-0.4, -0.2) is 19.4 Å². The van der Waals surface area contributed by atoms with E-state index in [2.05, 4.69) is 15.9 Å². The van der Waals surface area contributed by atoms with Crippen LogP contribution in [0.15, 0.2) is 50.6 Å². The van der Waals surface area contributed by atoms with Crippen molar-refractivity contribution in [1.29, 1.82) is 0 Å². The zero-order valence-corrected chi connectivity index (χ0v) is 18.7. The average molecular weight is 495 g/mol. The second-order valence-corrected chi connectivity index (χ2v) is 9.20. The van der Waals surface area contributed by atoms with Crippen LogP contribution in [0.2, 0.25) is 5.02 Å². The Morgan fingerprint density at radius 3 is 2.50 bits per heavy atom. The first kappa shape index (κ1) is 19.4. The number of nitrogens with zero attached hydrogens (tertiary/aromatic N) is 3. The van der Waals surface area contributed by atoms with Crippen molar-refractivity contribution < 1.29 is 4.79 Å². The number of anilines is 1. The minimum absolute atomic E-state index is 0.0920. The number of aromatic nitrogens is 2. The number of rotatable bonds is 2. The Bertz CT molecular complexity index is 1260. The lowest BCUT2D eigenvalue weighted by Gasteiger charge is -2.15. The van der Waals surface area contributed by atoms with Gasteiger partial charge in [0.05, 0.1) is 26.6 Å². The van der Waals surface area contributed by atoms with E-state index in [1.54, 1.807) is 47.5 Å². The molecular formula is C19H13BrClN3O2S2. The van der Waals surface area contributed by atoms with Crippen molar-refractivity contribution >= 4 is 84.5 Å². The number of imidazole rings is 1. The molecule has 5 nitrogen and oxygen atoms in total. The van der Waals surface area contributed by atoms with E-state index in [0.717, 1.165) is 21.1 Å². The zero-order chi connectivity index (χ0) is 20.2. The van der Waals surface area contributed by atoms with Gasteiger partial charge in [0, 0.05) is 18.6 Å². The summed E-state index contributed by atoms with van der Waals surface area (Å²) in [5.41, 5.74) is 2.99. The normalized spacial score (nSPS) is 16.0. The lowest BCUT2D eigenvalue weighted by atomic mass is 10.1. The Morgan fingerprint density at radius 1 is 1.07 bits per heavy atom. The van der Waals surface area contributed by atoms with Gasteiger partial charge in [0.1, 0.15) is 0 Å². The van der Waals surface area contributed by atoms with Gasteiger partial charge in [0.15, 0.2) is 4.32 Å². The molecule has 1 amide bonds. The van der Waals surface area contributed by atoms with Crippen LogP contribution in [0.4, 0.5) is 5.69 Å². The van der Waals surface area contributed by atoms with Crippen LogP contribution in [0.1, 0.15) is 5.56 Å². The summed E-state index contributed by atoms with van der Waals surface area (Å²) in [4.78, 5) is 27.0. The third-order valence-corrected chi connectivity index (χ3v) is 7.08. The summed E-state index contributed by atoms with van der Waals surface area (Å²) in [6.45, 7) is 0. The highest BCUT2D eigenvalue weighted by Crippen LogP contribution is 2.38. The third-order valence-electron chi connectivity index (χ3n) is 4.55. The first-order valence-electron chi connectivity index (χ1n) is 8.16. The summed E-state index contributed by atoms with van der Waals surface area (Å²) in [5.74, 6) is -0.199. The highest BCUT2D eigenvalue weighted by atomic mass is 79.9. The molecule has 1 fully saturated rings. The molecule has 0 spiro atoms. The summed E-state index contributed by atoms with van der Waals surface area (Å²) in [7, 11) is 3.46. The molecule has 3 aromatic rings. The van der Waals surface area contributed by atoms with Crippen molar-refractivity contribution in [1.82, 2.24) is 9.13 Å². The van der Waals surface area contributed by atoms with E-state index in [0.29, 0.717) is 19.9 Å². The van der Waals surface area contributed by atoms with Crippen LogP contribution < -0.4 is 10.6 Å². The molecule has 0 saturated carbocycles. The average Bonchev–Trinajstić information content (AvgIpc) is 3.06. The summed E-state index contributed by atoms with van der Waals surface area (Å²) in [6.07, 6.45) is 1.79. The van der Waals surface area contributed by atoms with Gasteiger partial charge in [-0.1, -0.05) is 41.6 Å². The Kier molecular flexibility index (Phi) is 4.99. The number of aryl methyl sites for hydroxylation is 2. The second kappa shape index (κ2) is 7.18. The van der Waals surface area contributed by atoms with Crippen molar-refractivity contribution in [2.75, 3.05) is 4.90 Å². The quantitative estimate of drug-likeness (QED) is 0.383. The molecule has 2 heterocycles. The number of benzene rings is 2. The summed E-state index contributed by atoms with van der Waals surface area (Å²) < 4.78 is 4.38. The number of hydrogen-bond acceptors (Lipinski definition) is 4. The molecule has 0 radical (unpaired) electrons. The number of carbonyl (C=O) groups is 1. The van der Waals surface area contributed by atoms with Crippen LogP contribution in [0.3, 0.4) is 0 Å². The standard InChI is InChI=1S/C19H13BrClN3O2S2/c1-22-14-6-3-10(7-15(14)23(2)18(22)26)8-16-17(25)24(19(27)28-16)11-4-5-12(20)13(21)9-11/h3-9H,1-2H3. The molecule has 0 unspecified atom stereocenters. The molecule has 0 bridgehead atoms. The maximum absolute atomic E-state index is 12.9. The molecule has 0 N–H and O–H groups in total. The SMILES string of the molecule is Cn1c(=O)n(C)c2cc(C=C3SC(=S)N(c4ccc(Br)c(Cl)c4)C3=O)ccc21. The van der Waals surface area contributed by atoms with E-state index < -0.39 is 0 Å². The highest BCUT2D eigenvalue weighted by molar-refractivity contribution is 9.10. The topological polar surface area (TPSA) is 47.2 Å². The molecule has 2 aromatic carbocycles. The van der Waals surface area contributed by atoms with Gasteiger partial charge < -0.3 is 0 Å². The Balaban J connectivity index is 1.73. The molecule has 1 saturated heterocycles. The largest absolute Gasteiger partial charge is 0.328 e. The van der Waals surface area contributed by atoms with Gasteiger partial charge in [-0.25, -0.2) is 4.79 Å². The predicted octanol–water partition coefficient (Wildman–Crippen LogP) is 4.70. The second-order valence-electron chi connectivity index (χ2n) is 6.26. The summed E-state index contributed by atoms with van der Waals surface area (Å²) in [6, 6.07) is 10.9. The molecule has 142 valence electrons. The molecule has 4 rings (SSSR count). The first-order chi connectivity index (χ1) is 13.3. The van der Waals surface area contributed by atoms with Gasteiger partial charge in [-0.15, -0.1) is 0 Å². The summed E-state index contributed by atoms with van der Waals surface area (Å²) >= 11 is 16.2. The zero-order valence-electron chi connectivity index (χ0n) is 14.8. The van der Waals surface area contributed by atoms with Gasteiger partial charge in [0.2, 0.25) is 0 Å².